The van der Waals surface area contributed by atoms with Gasteiger partial charge in [-0.2, -0.15) is 0 Å². The molecule has 26 heavy (non-hydrogen) atoms. The molecule has 0 aliphatic rings. The van der Waals surface area contributed by atoms with Crippen LogP contribution in [0.1, 0.15) is 16.1 Å². The first kappa shape index (κ1) is 17.1. The van der Waals surface area contributed by atoms with Crippen molar-refractivity contribution in [1.29, 1.82) is 0 Å². The van der Waals surface area contributed by atoms with Gasteiger partial charge in [-0.05, 0) is 12.1 Å². The maximum Gasteiger partial charge on any atom is 0.322 e. The minimum absolute atomic E-state index is 0.0618. The molecule has 0 aliphatic heterocycles. The number of aliphatic carboxylic acids is 1. The summed E-state index contributed by atoms with van der Waals surface area (Å²) >= 11 is 0. The molecule has 7 heteroatoms. The van der Waals surface area contributed by atoms with Gasteiger partial charge in [-0.1, -0.05) is 42.5 Å². The number of aromatic nitrogens is 2. The van der Waals surface area contributed by atoms with Gasteiger partial charge in [0.05, 0.1) is 11.9 Å². The van der Waals surface area contributed by atoms with Crippen molar-refractivity contribution in [1.82, 2.24) is 9.97 Å². The van der Waals surface area contributed by atoms with E-state index < -0.39 is 5.97 Å². The molecule has 1 heterocycles. The SMILES string of the molecule is Nc1ccc(-c2cnc(NCC(=O)O)c(C(=O)c3ccccc3)n2)cc1. The van der Waals surface area contributed by atoms with Crippen molar-refractivity contribution in [3.8, 4) is 11.3 Å². The minimum atomic E-state index is -1.06. The summed E-state index contributed by atoms with van der Waals surface area (Å²) in [4.78, 5) is 32.3. The second-order valence-electron chi connectivity index (χ2n) is 5.52. The normalized spacial score (nSPS) is 10.3. The van der Waals surface area contributed by atoms with Crippen LogP contribution in [-0.2, 0) is 4.79 Å². The number of carbonyl (C=O) groups excluding carboxylic acids is 1. The summed E-state index contributed by atoms with van der Waals surface area (Å²) in [6.07, 6.45) is 1.48. The molecular weight excluding hydrogens is 332 g/mol. The van der Waals surface area contributed by atoms with Crippen LogP contribution in [0.25, 0.3) is 11.3 Å². The third kappa shape index (κ3) is 3.84. The Labute approximate surface area is 149 Å². The molecule has 0 saturated carbocycles. The Balaban J connectivity index is 2.04. The van der Waals surface area contributed by atoms with E-state index >= 15 is 0 Å². The van der Waals surface area contributed by atoms with Crippen LogP contribution in [0.5, 0.6) is 0 Å². The first-order valence-electron chi connectivity index (χ1n) is 7.83. The average molecular weight is 348 g/mol. The van der Waals surface area contributed by atoms with Crippen LogP contribution in [-0.4, -0.2) is 33.4 Å². The summed E-state index contributed by atoms with van der Waals surface area (Å²) in [6, 6.07) is 15.6. The lowest BCUT2D eigenvalue weighted by atomic mass is 10.1. The number of nitrogens with two attached hydrogens (primary N) is 1. The highest BCUT2D eigenvalue weighted by Gasteiger charge is 2.18. The Morgan fingerprint density at radius 1 is 1.04 bits per heavy atom. The Hall–Kier alpha value is -3.74. The zero-order chi connectivity index (χ0) is 18.5. The fourth-order valence-corrected chi connectivity index (χ4v) is 2.36. The number of nitrogens with one attached hydrogen (secondary N) is 1. The number of nitrogen functional groups attached to an aromatic ring is 1. The van der Waals surface area contributed by atoms with Crippen molar-refractivity contribution in [2.24, 2.45) is 0 Å². The molecule has 7 nitrogen and oxygen atoms in total. The highest BCUT2D eigenvalue weighted by molar-refractivity contribution is 6.10. The summed E-state index contributed by atoms with van der Waals surface area (Å²) in [6.45, 7) is -0.370. The van der Waals surface area contributed by atoms with E-state index in [1.807, 2.05) is 0 Å². The lowest BCUT2D eigenvalue weighted by Gasteiger charge is -2.10. The molecule has 0 atom stereocenters. The molecule has 130 valence electrons. The molecule has 3 aromatic rings. The van der Waals surface area contributed by atoms with Gasteiger partial charge in [0.15, 0.2) is 11.5 Å². The van der Waals surface area contributed by atoms with Crippen molar-refractivity contribution in [3.63, 3.8) is 0 Å². The van der Waals surface area contributed by atoms with Gasteiger partial charge in [0.1, 0.15) is 6.54 Å². The van der Waals surface area contributed by atoms with E-state index in [0.717, 1.165) is 5.56 Å². The number of hydrogen-bond acceptors (Lipinski definition) is 6. The van der Waals surface area contributed by atoms with Crippen LogP contribution in [0.3, 0.4) is 0 Å². The van der Waals surface area contributed by atoms with Gasteiger partial charge in [0.2, 0.25) is 5.78 Å². The van der Waals surface area contributed by atoms with Crippen LogP contribution in [0, 0.1) is 0 Å². The molecule has 1 aromatic heterocycles. The number of carboxylic acid groups (broad SMARTS) is 1. The van der Waals surface area contributed by atoms with E-state index in [2.05, 4.69) is 15.3 Å². The van der Waals surface area contributed by atoms with Crippen LogP contribution in [0.15, 0.2) is 60.8 Å². The standard InChI is InChI=1S/C19H16N4O3/c20-14-8-6-12(7-9-14)15-10-21-19(22-11-16(24)25)17(23-15)18(26)13-4-2-1-3-5-13/h1-10H,11,20H2,(H,21,22)(H,24,25). The Morgan fingerprint density at radius 2 is 1.73 bits per heavy atom. The molecule has 0 saturated heterocycles. The molecule has 0 fully saturated rings. The number of carbonyl (C=O) groups is 2. The second kappa shape index (κ2) is 7.43. The third-order valence-electron chi connectivity index (χ3n) is 3.64. The highest BCUT2D eigenvalue weighted by Crippen LogP contribution is 2.22. The highest BCUT2D eigenvalue weighted by atomic mass is 16.4. The predicted molar refractivity (Wildman–Crippen MR) is 97.9 cm³/mol. The maximum atomic E-state index is 12.8. The summed E-state index contributed by atoms with van der Waals surface area (Å²) < 4.78 is 0. The van der Waals surface area contributed by atoms with Crippen molar-refractivity contribution in [3.05, 3.63) is 72.1 Å². The van der Waals surface area contributed by atoms with Gasteiger partial charge < -0.3 is 16.2 Å². The number of carboxylic acids is 1. The van der Waals surface area contributed by atoms with Gasteiger partial charge >= 0.3 is 5.97 Å². The fourth-order valence-electron chi connectivity index (χ4n) is 2.36. The van der Waals surface area contributed by atoms with Crippen LogP contribution in [0.4, 0.5) is 11.5 Å². The predicted octanol–water partition coefficient (Wildman–Crippen LogP) is 2.45. The minimum Gasteiger partial charge on any atom is -0.480 e. The topological polar surface area (TPSA) is 118 Å². The third-order valence-corrected chi connectivity index (χ3v) is 3.64. The molecule has 0 spiro atoms. The van der Waals surface area contributed by atoms with Gasteiger partial charge in [-0.3, -0.25) is 9.59 Å². The Kier molecular flexibility index (Phi) is 4.89. The monoisotopic (exact) mass is 348 g/mol. The summed E-state index contributed by atoms with van der Waals surface area (Å²) in [5, 5.41) is 11.5. The van der Waals surface area contributed by atoms with E-state index in [1.165, 1.54) is 6.20 Å². The van der Waals surface area contributed by atoms with Gasteiger partial charge in [0, 0.05) is 16.8 Å². The van der Waals surface area contributed by atoms with E-state index in [9.17, 15) is 9.59 Å². The van der Waals surface area contributed by atoms with Gasteiger partial charge in [-0.15, -0.1) is 0 Å². The molecule has 4 N–H and O–H groups in total. The van der Waals surface area contributed by atoms with Crippen molar-refractivity contribution in [2.45, 2.75) is 0 Å². The Bertz CT molecular complexity index is 941. The van der Waals surface area contributed by atoms with Gasteiger partial charge in [0.25, 0.3) is 0 Å². The molecule has 0 aliphatic carbocycles. The van der Waals surface area contributed by atoms with Crippen molar-refractivity contribution in [2.75, 3.05) is 17.6 Å². The number of rotatable bonds is 6. The number of ketones is 1. The first-order chi connectivity index (χ1) is 12.5. The van der Waals surface area contributed by atoms with E-state index in [-0.39, 0.29) is 23.8 Å². The number of hydrogen-bond donors (Lipinski definition) is 3. The largest absolute Gasteiger partial charge is 0.480 e. The maximum absolute atomic E-state index is 12.8. The first-order valence-corrected chi connectivity index (χ1v) is 7.83. The van der Waals surface area contributed by atoms with Crippen molar-refractivity contribution < 1.29 is 14.7 Å². The summed E-state index contributed by atoms with van der Waals surface area (Å²) in [5.41, 5.74) is 8.05. The molecule has 3 rings (SSSR count). The quantitative estimate of drug-likeness (QED) is 0.462. The molecular formula is C19H16N4O3. The summed E-state index contributed by atoms with van der Waals surface area (Å²) in [5.74, 6) is -1.28. The second-order valence-corrected chi connectivity index (χ2v) is 5.52. The average Bonchev–Trinajstić information content (AvgIpc) is 2.67. The fraction of sp³-hybridized carbons (Fsp3) is 0.0526. The number of nitrogens with zero attached hydrogens (tertiary/aromatic N) is 2. The molecule has 0 bridgehead atoms. The zero-order valence-corrected chi connectivity index (χ0v) is 13.7. The van der Waals surface area contributed by atoms with E-state index in [4.69, 9.17) is 10.8 Å². The van der Waals surface area contributed by atoms with Crippen molar-refractivity contribution >= 4 is 23.3 Å². The smallest absolute Gasteiger partial charge is 0.322 e. The molecule has 0 amide bonds. The lowest BCUT2D eigenvalue weighted by molar-refractivity contribution is -0.134. The van der Waals surface area contributed by atoms with Crippen LogP contribution in [0.2, 0.25) is 0 Å². The van der Waals surface area contributed by atoms with Gasteiger partial charge in [-0.25, -0.2) is 9.97 Å². The number of benzene rings is 2. The van der Waals surface area contributed by atoms with E-state index in [0.29, 0.717) is 16.9 Å². The Morgan fingerprint density at radius 3 is 2.38 bits per heavy atom. The summed E-state index contributed by atoms with van der Waals surface area (Å²) in [7, 11) is 0. The van der Waals surface area contributed by atoms with Crippen LogP contribution < -0.4 is 11.1 Å². The molecule has 0 unspecified atom stereocenters. The van der Waals surface area contributed by atoms with E-state index in [1.54, 1.807) is 54.6 Å². The molecule has 2 aromatic carbocycles. The van der Waals surface area contributed by atoms with Crippen LogP contribution >= 0.6 is 0 Å². The lowest BCUT2D eigenvalue weighted by Crippen LogP contribution is -2.17. The zero-order valence-electron chi connectivity index (χ0n) is 13.7. The molecule has 0 radical (unpaired) electrons. The number of anilines is 2.